The van der Waals surface area contributed by atoms with Gasteiger partial charge in [0.05, 0.1) is 27.9 Å². The summed E-state index contributed by atoms with van der Waals surface area (Å²) in [5.41, 5.74) is 7.63. The maximum absolute atomic E-state index is 5.79. The summed E-state index contributed by atoms with van der Waals surface area (Å²) in [6.07, 6.45) is 0. The number of nitrogens with zero attached hydrogens (tertiary/aromatic N) is 1. The highest BCUT2D eigenvalue weighted by Gasteiger charge is 2.15. The van der Waals surface area contributed by atoms with Crippen LogP contribution in [0.2, 0.25) is 0 Å². The van der Waals surface area contributed by atoms with Crippen molar-refractivity contribution < 1.29 is 14.2 Å². The smallest absolute Gasteiger partial charge is 0.203 e. The van der Waals surface area contributed by atoms with Gasteiger partial charge in [0.2, 0.25) is 5.75 Å². The molecule has 1 aromatic rings. The molecule has 0 saturated heterocycles. The number of guanidine groups is 1. The third-order valence-electron chi connectivity index (χ3n) is 2.78. The predicted molar refractivity (Wildman–Crippen MR) is 84.2 cm³/mol. The van der Waals surface area contributed by atoms with Crippen molar-refractivity contribution >= 4 is 5.96 Å². The number of nitrogens with two attached hydrogens (primary N) is 1. The van der Waals surface area contributed by atoms with E-state index in [-0.39, 0.29) is 0 Å². The number of nitrogens with one attached hydrogen (secondary N) is 1. The average molecular weight is 293 g/mol. The number of aliphatic imine (C=N–C) groups is 1. The zero-order valence-corrected chi connectivity index (χ0v) is 13.0. The molecule has 21 heavy (non-hydrogen) atoms. The Morgan fingerprint density at radius 2 is 1.86 bits per heavy atom. The summed E-state index contributed by atoms with van der Waals surface area (Å²) in [6.45, 7) is 6.67. The molecule has 0 heterocycles. The van der Waals surface area contributed by atoms with Gasteiger partial charge >= 0.3 is 0 Å². The van der Waals surface area contributed by atoms with E-state index < -0.39 is 0 Å². The summed E-state index contributed by atoms with van der Waals surface area (Å²) in [4.78, 5) is 4.27. The number of ether oxygens (including phenoxy) is 3. The lowest BCUT2D eigenvalue weighted by atomic mass is 10.1. The van der Waals surface area contributed by atoms with Crippen molar-refractivity contribution in [1.82, 2.24) is 5.32 Å². The van der Waals surface area contributed by atoms with Crippen molar-refractivity contribution in [3.05, 3.63) is 29.8 Å². The minimum absolute atomic E-state index is 0.356. The highest BCUT2D eigenvalue weighted by molar-refractivity contribution is 5.78. The Labute approximate surface area is 125 Å². The minimum Gasteiger partial charge on any atom is -0.493 e. The first kappa shape index (κ1) is 16.7. The maximum Gasteiger partial charge on any atom is 0.203 e. The monoisotopic (exact) mass is 293 g/mol. The molecule has 6 nitrogen and oxygen atoms in total. The molecule has 116 valence electrons. The molecule has 0 aliphatic rings. The Kier molecular flexibility index (Phi) is 6.39. The molecule has 0 amide bonds. The van der Waals surface area contributed by atoms with Crippen LogP contribution in [0.3, 0.4) is 0 Å². The summed E-state index contributed by atoms with van der Waals surface area (Å²) < 4.78 is 16.0. The largest absolute Gasteiger partial charge is 0.493 e. The Morgan fingerprint density at radius 1 is 1.19 bits per heavy atom. The second kappa shape index (κ2) is 8.04. The van der Waals surface area contributed by atoms with Crippen molar-refractivity contribution in [3.8, 4) is 17.2 Å². The number of hydrogen-bond donors (Lipinski definition) is 2. The lowest BCUT2D eigenvalue weighted by Crippen LogP contribution is -2.32. The van der Waals surface area contributed by atoms with Gasteiger partial charge in [0, 0.05) is 12.1 Å². The summed E-state index contributed by atoms with van der Waals surface area (Å²) in [5, 5.41) is 2.97. The molecular weight excluding hydrogens is 270 g/mol. The molecular formula is C15H23N3O3. The van der Waals surface area contributed by atoms with Crippen LogP contribution in [0, 0.1) is 0 Å². The van der Waals surface area contributed by atoms with E-state index in [1.165, 1.54) is 0 Å². The molecule has 6 heteroatoms. The summed E-state index contributed by atoms with van der Waals surface area (Å²) in [6, 6.07) is 3.68. The van der Waals surface area contributed by atoms with E-state index in [2.05, 4.69) is 16.9 Å². The van der Waals surface area contributed by atoms with Crippen LogP contribution in [0.1, 0.15) is 12.5 Å². The van der Waals surface area contributed by atoms with Gasteiger partial charge in [-0.1, -0.05) is 12.2 Å². The van der Waals surface area contributed by atoms with Crippen LogP contribution in [0.15, 0.2) is 29.3 Å². The van der Waals surface area contributed by atoms with Crippen LogP contribution in [-0.4, -0.2) is 33.8 Å². The van der Waals surface area contributed by atoms with E-state index in [1.54, 1.807) is 21.3 Å². The summed E-state index contributed by atoms with van der Waals surface area (Å²) in [5.74, 6) is 2.10. The lowest BCUT2D eigenvalue weighted by Gasteiger charge is -2.15. The number of benzene rings is 1. The summed E-state index contributed by atoms with van der Waals surface area (Å²) >= 11 is 0. The molecule has 0 aliphatic heterocycles. The topological polar surface area (TPSA) is 78.1 Å². The molecule has 1 rings (SSSR count). The van der Waals surface area contributed by atoms with E-state index in [0.717, 1.165) is 11.1 Å². The highest BCUT2D eigenvalue weighted by atomic mass is 16.5. The van der Waals surface area contributed by atoms with E-state index in [4.69, 9.17) is 19.9 Å². The normalized spacial score (nSPS) is 11.0. The van der Waals surface area contributed by atoms with Crippen LogP contribution in [0.25, 0.3) is 0 Å². The SMILES string of the molecule is C=C(C)CNC(N)=NCc1ccc(OC)c(OC)c1OC. The second-order valence-electron chi connectivity index (χ2n) is 4.51. The van der Waals surface area contributed by atoms with E-state index in [9.17, 15) is 0 Å². The van der Waals surface area contributed by atoms with Gasteiger partial charge in [0.15, 0.2) is 17.5 Å². The first-order chi connectivity index (χ1) is 10.0. The molecule has 1 aromatic carbocycles. The van der Waals surface area contributed by atoms with Crippen LogP contribution < -0.4 is 25.3 Å². The summed E-state index contributed by atoms with van der Waals surface area (Å²) in [7, 11) is 4.72. The highest BCUT2D eigenvalue weighted by Crippen LogP contribution is 2.39. The van der Waals surface area contributed by atoms with Crippen LogP contribution in [0.5, 0.6) is 17.2 Å². The fourth-order valence-corrected chi connectivity index (χ4v) is 1.76. The maximum atomic E-state index is 5.79. The number of methoxy groups -OCH3 is 3. The first-order valence-electron chi connectivity index (χ1n) is 6.49. The van der Waals surface area contributed by atoms with E-state index >= 15 is 0 Å². The Morgan fingerprint density at radius 3 is 2.38 bits per heavy atom. The molecule has 0 bridgehead atoms. The van der Waals surface area contributed by atoms with Gasteiger partial charge in [-0.05, 0) is 19.1 Å². The third-order valence-corrected chi connectivity index (χ3v) is 2.78. The average Bonchev–Trinajstić information content (AvgIpc) is 2.49. The Hall–Kier alpha value is -2.37. The van der Waals surface area contributed by atoms with Gasteiger partial charge < -0.3 is 25.3 Å². The van der Waals surface area contributed by atoms with Crippen LogP contribution in [0.4, 0.5) is 0 Å². The molecule has 3 N–H and O–H groups in total. The van der Waals surface area contributed by atoms with Crippen LogP contribution in [-0.2, 0) is 6.54 Å². The van der Waals surface area contributed by atoms with Crippen LogP contribution >= 0.6 is 0 Å². The van der Waals surface area contributed by atoms with Gasteiger partial charge in [-0.15, -0.1) is 0 Å². The molecule has 0 aliphatic carbocycles. The third kappa shape index (κ3) is 4.59. The lowest BCUT2D eigenvalue weighted by molar-refractivity contribution is 0.322. The number of hydrogen-bond acceptors (Lipinski definition) is 4. The molecule has 0 saturated carbocycles. The van der Waals surface area contributed by atoms with E-state index in [0.29, 0.717) is 36.3 Å². The van der Waals surface area contributed by atoms with Crippen molar-refractivity contribution in [2.45, 2.75) is 13.5 Å². The zero-order chi connectivity index (χ0) is 15.8. The van der Waals surface area contributed by atoms with Gasteiger partial charge in [0.25, 0.3) is 0 Å². The molecule has 0 fully saturated rings. The van der Waals surface area contributed by atoms with Crippen molar-refractivity contribution in [2.24, 2.45) is 10.7 Å². The van der Waals surface area contributed by atoms with Crippen molar-refractivity contribution in [2.75, 3.05) is 27.9 Å². The van der Waals surface area contributed by atoms with E-state index in [1.807, 2.05) is 19.1 Å². The Bertz CT molecular complexity index is 527. The zero-order valence-electron chi connectivity index (χ0n) is 13.0. The first-order valence-corrected chi connectivity index (χ1v) is 6.49. The minimum atomic E-state index is 0.356. The quantitative estimate of drug-likeness (QED) is 0.454. The molecule has 0 aromatic heterocycles. The molecule has 0 spiro atoms. The van der Waals surface area contributed by atoms with Gasteiger partial charge in [-0.3, -0.25) is 0 Å². The molecule has 0 atom stereocenters. The van der Waals surface area contributed by atoms with Crippen molar-refractivity contribution in [3.63, 3.8) is 0 Å². The predicted octanol–water partition coefficient (Wildman–Crippen LogP) is 1.69. The van der Waals surface area contributed by atoms with Crippen molar-refractivity contribution in [1.29, 1.82) is 0 Å². The van der Waals surface area contributed by atoms with Gasteiger partial charge in [0.1, 0.15) is 0 Å². The van der Waals surface area contributed by atoms with Gasteiger partial charge in [-0.2, -0.15) is 0 Å². The molecule has 0 unspecified atom stereocenters. The fourth-order valence-electron chi connectivity index (χ4n) is 1.76. The fraction of sp³-hybridized carbons (Fsp3) is 0.400. The number of rotatable bonds is 7. The second-order valence-corrected chi connectivity index (χ2v) is 4.51. The molecule has 0 radical (unpaired) electrons. The van der Waals surface area contributed by atoms with Gasteiger partial charge in [-0.25, -0.2) is 4.99 Å². The standard InChI is InChI=1S/C15H23N3O3/c1-10(2)8-17-15(16)18-9-11-6-7-12(19-3)14(21-5)13(11)20-4/h6-7H,1,8-9H2,2-5H3,(H3,16,17,18). The Balaban J connectivity index is 2.93.